The zero-order valence-electron chi connectivity index (χ0n) is 10.6. The average Bonchev–Trinajstić information content (AvgIpc) is 2.47. The highest BCUT2D eigenvalue weighted by Gasteiger charge is 2.07. The van der Waals surface area contributed by atoms with Gasteiger partial charge in [0.2, 0.25) is 0 Å². The van der Waals surface area contributed by atoms with Gasteiger partial charge in [-0.3, -0.25) is 9.78 Å². The maximum absolute atomic E-state index is 12.1. The molecule has 0 aliphatic heterocycles. The highest BCUT2D eigenvalue weighted by molar-refractivity contribution is 6.05. The summed E-state index contributed by atoms with van der Waals surface area (Å²) in [6, 6.07) is 12.7. The second-order valence-corrected chi connectivity index (χ2v) is 4.34. The predicted octanol–water partition coefficient (Wildman–Crippen LogP) is 2.46. The van der Waals surface area contributed by atoms with Crippen LogP contribution in [-0.2, 0) is 0 Å². The normalized spacial score (nSPS) is 10.4. The second-order valence-electron chi connectivity index (χ2n) is 4.34. The molecule has 0 saturated carbocycles. The number of anilines is 2. The number of pyridine rings is 2. The smallest absolute Gasteiger partial charge is 0.255 e. The van der Waals surface area contributed by atoms with Gasteiger partial charge in [0.15, 0.2) is 0 Å². The Morgan fingerprint density at radius 3 is 2.80 bits per heavy atom. The van der Waals surface area contributed by atoms with Crippen molar-refractivity contribution in [2.75, 3.05) is 11.1 Å². The maximum Gasteiger partial charge on any atom is 0.255 e. The van der Waals surface area contributed by atoms with Gasteiger partial charge in [0.25, 0.3) is 5.91 Å². The van der Waals surface area contributed by atoms with E-state index in [1.807, 2.05) is 30.3 Å². The summed E-state index contributed by atoms with van der Waals surface area (Å²) in [5, 5.41) is 3.76. The third kappa shape index (κ3) is 2.42. The van der Waals surface area contributed by atoms with E-state index in [1.54, 1.807) is 12.3 Å². The van der Waals surface area contributed by atoms with Gasteiger partial charge in [0, 0.05) is 17.1 Å². The number of rotatable bonds is 2. The van der Waals surface area contributed by atoms with Crippen LogP contribution < -0.4 is 11.1 Å². The molecule has 1 amide bonds. The number of carbonyl (C=O) groups excluding carboxylic acids is 1. The molecular formula is C15H12N4O. The van der Waals surface area contributed by atoms with E-state index < -0.39 is 0 Å². The summed E-state index contributed by atoms with van der Waals surface area (Å²) in [4.78, 5) is 20.2. The number of nitrogen functional groups attached to an aromatic ring is 1. The number of nitrogens with one attached hydrogen (secondary N) is 1. The molecule has 98 valence electrons. The van der Waals surface area contributed by atoms with Crippen LogP contribution in [0.1, 0.15) is 10.4 Å². The van der Waals surface area contributed by atoms with Crippen molar-refractivity contribution in [3.8, 4) is 0 Å². The third-order valence-electron chi connectivity index (χ3n) is 2.89. The lowest BCUT2D eigenvalue weighted by Gasteiger charge is -2.06. The van der Waals surface area contributed by atoms with Crippen molar-refractivity contribution in [1.29, 1.82) is 0 Å². The summed E-state index contributed by atoms with van der Waals surface area (Å²) in [6.45, 7) is 0. The Labute approximate surface area is 115 Å². The summed E-state index contributed by atoms with van der Waals surface area (Å²) >= 11 is 0. The van der Waals surface area contributed by atoms with Gasteiger partial charge < -0.3 is 11.1 Å². The molecule has 3 N–H and O–H groups in total. The molecule has 0 aliphatic carbocycles. The fraction of sp³-hybridized carbons (Fsp3) is 0. The lowest BCUT2D eigenvalue weighted by atomic mass is 10.2. The first-order valence-corrected chi connectivity index (χ1v) is 6.10. The van der Waals surface area contributed by atoms with Crippen molar-refractivity contribution in [1.82, 2.24) is 9.97 Å². The molecule has 2 heterocycles. The molecule has 0 bridgehead atoms. The Kier molecular flexibility index (Phi) is 3.01. The van der Waals surface area contributed by atoms with Gasteiger partial charge in [-0.25, -0.2) is 4.98 Å². The average molecular weight is 264 g/mol. The molecule has 2 aromatic heterocycles. The molecule has 0 fully saturated rings. The third-order valence-corrected chi connectivity index (χ3v) is 2.89. The fourth-order valence-electron chi connectivity index (χ4n) is 1.93. The quantitative estimate of drug-likeness (QED) is 0.745. The molecule has 0 spiro atoms. The summed E-state index contributed by atoms with van der Waals surface area (Å²) in [5.41, 5.74) is 7.55. The summed E-state index contributed by atoms with van der Waals surface area (Å²) in [6.07, 6.45) is 3.13. The summed E-state index contributed by atoms with van der Waals surface area (Å²) in [7, 11) is 0. The minimum atomic E-state index is -0.240. The van der Waals surface area contributed by atoms with Gasteiger partial charge in [0.05, 0.1) is 17.4 Å². The first kappa shape index (κ1) is 12.1. The standard InChI is InChI=1S/C15H12N4O/c16-14-8-11(5-6-17-14)15(20)19-12-7-10-3-1-2-4-13(10)18-9-12/h1-9H,(H2,16,17)(H,19,20). The number of nitrogens with two attached hydrogens (primary N) is 1. The van der Waals surface area contributed by atoms with Crippen LogP contribution in [0, 0.1) is 0 Å². The van der Waals surface area contributed by atoms with E-state index in [9.17, 15) is 4.79 Å². The molecule has 0 saturated heterocycles. The number of hydrogen-bond acceptors (Lipinski definition) is 4. The fourth-order valence-corrected chi connectivity index (χ4v) is 1.93. The molecule has 0 aliphatic rings. The van der Waals surface area contributed by atoms with E-state index in [2.05, 4.69) is 15.3 Å². The van der Waals surface area contributed by atoms with Gasteiger partial charge in [0.1, 0.15) is 5.82 Å². The molecule has 0 atom stereocenters. The number of fused-ring (bicyclic) bond motifs is 1. The zero-order valence-corrected chi connectivity index (χ0v) is 10.6. The van der Waals surface area contributed by atoms with Crippen molar-refractivity contribution < 1.29 is 4.79 Å². The summed E-state index contributed by atoms with van der Waals surface area (Å²) < 4.78 is 0. The van der Waals surface area contributed by atoms with Crippen molar-refractivity contribution in [2.45, 2.75) is 0 Å². The van der Waals surface area contributed by atoms with Crippen LogP contribution in [-0.4, -0.2) is 15.9 Å². The van der Waals surface area contributed by atoms with E-state index in [-0.39, 0.29) is 5.91 Å². The van der Waals surface area contributed by atoms with Gasteiger partial charge in [-0.1, -0.05) is 18.2 Å². The topological polar surface area (TPSA) is 80.9 Å². The van der Waals surface area contributed by atoms with Crippen LogP contribution in [0.15, 0.2) is 54.9 Å². The Balaban J connectivity index is 1.87. The van der Waals surface area contributed by atoms with Crippen LogP contribution in [0.3, 0.4) is 0 Å². The molecular weight excluding hydrogens is 252 g/mol. The maximum atomic E-state index is 12.1. The van der Waals surface area contributed by atoms with Crippen molar-refractivity contribution in [3.05, 3.63) is 60.4 Å². The summed E-state index contributed by atoms with van der Waals surface area (Å²) in [5.74, 6) is 0.0745. The van der Waals surface area contributed by atoms with Crippen LogP contribution in [0.4, 0.5) is 11.5 Å². The van der Waals surface area contributed by atoms with Gasteiger partial charge >= 0.3 is 0 Å². The Hall–Kier alpha value is -2.95. The minimum absolute atomic E-state index is 0.240. The van der Waals surface area contributed by atoms with E-state index in [1.165, 1.54) is 12.3 Å². The zero-order chi connectivity index (χ0) is 13.9. The molecule has 0 unspecified atom stereocenters. The molecule has 0 radical (unpaired) electrons. The van der Waals surface area contributed by atoms with E-state index >= 15 is 0 Å². The van der Waals surface area contributed by atoms with Crippen LogP contribution >= 0.6 is 0 Å². The Morgan fingerprint density at radius 2 is 1.95 bits per heavy atom. The SMILES string of the molecule is Nc1cc(C(=O)Nc2cnc3ccccc3c2)ccn1. The molecule has 5 nitrogen and oxygen atoms in total. The molecule has 1 aromatic carbocycles. The van der Waals surface area contributed by atoms with Gasteiger partial charge in [-0.15, -0.1) is 0 Å². The van der Waals surface area contributed by atoms with E-state index in [0.29, 0.717) is 17.1 Å². The second kappa shape index (κ2) is 4.97. The van der Waals surface area contributed by atoms with Crippen molar-refractivity contribution in [3.63, 3.8) is 0 Å². The highest BCUT2D eigenvalue weighted by atomic mass is 16.1. The minimum Gasteiger partial charge on any atom is -0.384 e. The number of aromatic nitrogens is 2. The molecule has 20 heavy (non-hydrogen) atoms. The monoisotopic (exact) mass is 264 g/mol. The van der Waals surface area contributed by atoms with Crippen LogP contribution in [0.5, 0.6) is 0 Å². The lowest BCUT2D eigenvalue weighted by Crippen LogP contribution is -2.12. The number of nitrogens with zero attached hydrogens (tertiary/aromatic N) is 2. The largest absolute Gasteiger partial charge is 0.384 e. The molecule has 5 heteroatoms. The highest BCUT2D eigenvalue weighted by Crippen LogP contribution is 2.17. The number of hydrogen-bond donors (Lipinski definition) is 2. The van der Waals surface area contributed by atoms with E-state index in [0.717, 1.165) is 10.9 Å². The predicted molar refractivity (Wildman–Crippen MR) is 78.3 cm³/mol. The number of carbonyl (C=O) groups is 1. The number of para-hydroxylation sites is 1. The first-order valence-electron chi connectivity index (χ1n) is 6.10. The van der Waals surface area contributed by atoms with Gasteiger partial charge in [-0.05, 0) is 24.3 Å². The van der Waals surface area contributed by atoms with E-state index in [4.69, 9.17) is 5.73 Å². The van der Waals surface area contributed by atoms with Crippen LogP contribution in [0.25, 0.3) is 10.9 Å². The number of amides is 1. The van der Waals surface area contributed by atoms with Crippen LogP contribution in [0.2, 0.25) is 0 Å². The van der Waals surface area contributed by atoms with Crippen molar-refractivity contribution >= 4 is 28.3 Å². The Morgan fingerprint density at radius 1 is 1.10 bits per heavy atom. The Bertz CT molecular complexity index is 785. The first-order chi connectivity index (χ1) is 9.72. The molecule has 3 aromatic rings. The number of benzene rings is 1. The molecule has 3 rings (SSSR count). The van der Waals surface area contributed by atoms with Gasteiger partial charge in [-0.2, -0.15) is 0 Å². The lowest BCUT2D eigenvalue weighted by molar-refractivity contribution is 0.102. The van der Waals surface area contributed by atoms with Crippen molar-refractivity contribution in [2.24, 2.45) is 0 Å².